The third-order valence-corrected chi connectivity index (χ3v) is 5.20. The first kappa shape index (κ1) is 17.0. The summed E-state index contributed by atoms with van der Waals surface area (Å²) in [7, 11) is 0. The Labute approximate surface area is 121 Å². The second-order valence-corrected chi connectivity index (χ2v) is 6.46. The third kappa shape index (κ3) is 5.07. The maximum atomic E-state index is 3.66. The van der Waals surface area contributed by atoms with Gasteiger partial charge >= 0.3 is 0 Å². The van der Waals surface area contributed by atoms with E-state index < -0.39 is 0 Å². The van der Waals surface area contributed by atoms with Gasteiger partial charge in [0, 0.05) is 18.6 Å². The molecule has 1 aliphatic rings. The van der Waals surface area contributed by atoms with Crippen LogP contribution in [0.2, 0.25) is 0 Å². The maximum Gasteiger partial charge on any atom is 0.0120 e. The highest BCUT2D eigenvalue weighted by atomic mass is 15.2. The van der Waals surface area contributed by atoms with E-state index in [0.29, 0.717) is 0 Å². The molecule has 0 aromatic rings. The van der Waals surface area contributed by atoms with Crippen LogP contribution in [-0.4, -0.2) is 36.6 Å². The van der Waals surface area contributed by atoms with Gasteiger partial charge in [0.05, 0.1) is 0 Å². The number of piperidine rings is 1. The lowest BCUT2D eigenvalue weighted by molar-refractivity contribution is 0.0683. The molecule has 1 fully saturated rings. The average molecular weight is 268 g/mol. The highest BCUT2D eigenvalue weighted by Gasteiger charge is 2.32. The van der Waals surface area contributed by atoms with Gasteiger partial charge in [0.25, 0.3) is 0 Å². The molecule has 0 saturated carbocycles. The summed E-state index contributed by atoms with van der Waals surface area (Å²) < 4.78 is 0. The first-order valence-corrected chi connectivity index (χ1v) is 8.61. The normalized spacial score (nSPS) is 30.5. The highest BCUT2D eigenvalue weighted by molar-refractivity contribution is 4.89. The molecule has 114 valence electrons. The van der Waals surface area contributed by atoms with Crippen LogP contribution >= 0.6 is 0 Å². The minimum absolute atomic E-state index is 0.729. The molecule has 4 unspecified atom stereocenters. The monoisotopic (exact) mass is 268 g/mol. The van der Waals surface area contributed by atoms with E-state index in [0.717, 1.165) is 30.5 Å². The van der Waals surface area contributed by atoms with Crippen LogP contribution in [-0.2, 0) is 0 Å². The first-order chi connectivity index (χ1) is 9.13. The first-order valence-electron chi connectivity index (χ1n) is 8.61. The van der Waals surface area contributed by atoms with E-state index in [9.17, 15) is 0 Å². The van der Waals surface area contributed by atoms with Crippen molar-refractivity contribution in [3.8, 4) is 0 Å². The zero-order chi connectivity index (χ0) is 14.3. The summed E-state index contributed by atoms with van der Waals surface area (Å²) >= 11 is 0. The molecule has 0 aromatic heterocycles. The molecular formula is C17H36N2. The molecular weight excluding hydrogens is 232 g/mol. The van der Waals surface area contributed by atoms with Crippen LogP contribution < -0.4 is 5.32 Å². The summed E-state index contributed by atoms with van der Waals surface area (Å²) in [6.07, 6.45) is 6.82. The fraction of sp³-hybridized carbons (Fsp3) is 1.00. The van der Waals surface area contributed by atoms with Gasteiger partial charge < -0.3 is 10.2 Å². The number of likely N-dealkylation sites (tertiary alicyclic amines) is 1. The van der Waals surface area contributed by atoms with Gasteiger partial charge in [-0.2, -0.15) is 0 Å². The van der Waals surface area contributed by atoms with E-state index in [1.165, 1.54) is 45.2 Å². The fourth-order valence-corrected chi connectivity index (χ4v) is 3.50. The number of unbranched alkanes of at least 4 members (excludes halogenated alkanes) is 1. The second kappa shape index (κ2) is 8.97. The number of nitrogens with one attached hydrogen (secondary N) is 1. The van der Waals surface area contributed by atoms with Crippen LogP contribution in [0.3, 0.4) is 0 Å². The third-order valence-electron chi connectivity index (χ3n) is 5.20. The van der Waals surface area contributed by atoms with Crippen molar-refractivity contribution in [1.82, 2.24) is 10.2 Å². The van der Waals surface area contributed by atoms with Gasteiger partial charge in [0.2, 0.25) is 0 Å². The molecule has 1 rings (SSSR count). The summed E-state index contributed by atoms with van der Waals surface area (Å²) in [5, 5.41) is 3.66. The quantitative estimate of drug-likeness (QED) is 0.718. The molecule has 19 heavy (non-hydrogen) atoms. The molecule has 1 aliphatic heterocycles. The van der Waals surface area contributed by atoms with Crippen LogP contribution in [0.15, 0.2) is 0 Å². The second-order valence-electron chi connectivity index (χ2n) is 6.46. The Morgan fingerprint density at radius 2 is 1.95 bits per heavy atom. The molecule has 0 aliphatic carbocycles. The standard InChI is InChI=1S/C17H36N2/c1-6-9-10-16(7-2)13-19-12-11-17(18-8-3)14(4)15(19)5/h14-18H,6-13H2,1-5H3. The van der Waals surface area contributed by atoms with Crippen LogP contribution in [0.25, 0.3) is 0 Å². The Bertz CT molecular complexity index is 229. The lowest BCUT2D eigenvalue weighted by Crippen LogP contribution is -2.54. The molecule has 0 bridgehead atoms. The average Bonchev–Trinajstić information content (AvgIpc) is 2.42. The van der Waals surface area contributed by atoms with Crippen LogP contribution in [0.4, 0.5) is 0 Å². The van der Waals surface area contributed by atoms with Crippen LogP contribution in [0, 0.1) is 11.8 Å². The van der Waals surface area contributed by atoms with Crippen molar-refractivity contribution in [2.75, 3.05) is 19.6 Å². The summed E-state index contributed by atoms with van der Waals surface area (Å²) in [6, 6.07) is 1.46. The number of nitrogens with zero attached hydrogens (tertiary/aromatic N) is 1. The Hall–Kier alpha value is -0.0800. The molecule has 0 aromatic carbocycles. The molecule has 2 nitrogen and oxygen atoms in total. The molecule has 0 amide bonds. The van der Waals surface area contributed by atoms with E-state index in [2.05, 4.69) is 44.8 Å². The predicted octanol–water partition coefficient (Wildman–Crippen LogP) is 3.91. The molecule has 1 saturated heterocycles. The van der Waals surface area contributed by atoms with E-state index in [1.54, 1.807) is 0 Å². The Kier molecular flexibility index (Phi) is 8.01. The molecule has 1 heterocycles. The molecule has 2 heteroatoms. The smallest absolute Gasteiger partial charge is 0.0120 e. The summed E-state index contributed by atoms with van der Waals surface area (Å²) in [4.78, 5) is 2.75. The summed E-state index contributed by atoms with van der Waals surface area (Å²) in [6.45, 7) is 15.5. The van der Waals surface area contributed by atoms with Gasteiger partial charge in [-0.1, -0.05) is 47.0 Å². The van der Waals surface area contributed by atoms with E-state index >= 15 is 0 Å². The molecule has 0 radical (unpaired) electrons. The lowest BCUT2D eigenvalue weighted by Gasteiger charge is -2.44. The fourth-order valence-electron chi connectivity index (χ4n) is 3.50. The molecule has 0 spiro atoms. The number of rotatable bonds is 8. The Balaban J connectivity index is 2.46. The van der Waals surface area contributed by atoms with Gasteiger partial charge in [0.1, 0.15) is 0 Å². The predicted molar refractivity (Wildman–Crippen MR) is 85.6 cm³/mol. The summed E-state index contributed by atoms with van der Waals surface area (Å²) in [5.41, 5.74) is 0. The van der Waals surface area contributed by atoms with E-state index in [1.807, 2.05) is 0 Å². The van der Waals surface area contributed by atoms with Gasteiger partial charge in [-0.05, 0) is 44.7 Å². The van der Waals surface area contributed by atoms with Crippen LogP contribution in [0.5, 0.6) is 0 Å². The van der Waals surface area contributed by atoms with Crippen molar-refractivity contribution >= 4 is 0 Å². The van der Waals surface area contributed by atoms with Gasteiger partial charge in [0.15, 0.2) is 0 Å². The number of hydrogen-bond donors (Lipinski definition) is 1. The van der Waals surface area contributed by atoms with Crippen LogP contribution in [0.1, 0.15) is 66.7 Å². The van der Waals surface area contributed by atoms with Crippen molar-refractivity contribution in [3.63, 3.8) is 0 Å². The topological polar surface area (TPSA) is 15.3 Å². The van der Waals surface area contributed by atoms with Crippen molar-refractivity contribution in [2.24, 2.45) is 11.8 Å². The van der Waals surface area contributed by atoms with Crippen molar-refractivity contribution in [1.29, 1.82) is 0 Å². The SMILES string of the molecule is CCCCC(CC)CN1CCC(NCC)C(C)C1C. The van der Waals surface area contributed by atoms with E-state index in [4.69, 9.17) is 0 Å². The minimum Gasteiger partial charge on any atom is -0.314 e. The summed E-state index contributed by atoms with van der Waals surface area (Å²) in [5.74, 6) is 1.68. The number of hydrogen-bond acceptors (Lipinski definition) is 2. The maximum absolute atomic E-state index is 3.66. The van der Waals surface area contributed by atoms with E-state index in [-0.39, 0.29) is 0 Å². The van der Waals surface area contributed by atoms with Crippen molar-refractivity contribution in [3.05, 3.63) is 0 Å². The minimum atomic E-state index is 0.729. The zero-order valence-corrected chi connectivity index (χ0v) is 13.9. The van der Waals surface area contributed by atoms with Gasteiger partial charge in [-0.3, -0.25) is 0 Å². The Morgan fingerprint density at radius 1 is 1.21 bits per heavy atom. The molecule has 4 atom stereocenters. The van der Waals surface area contributed by atoms with Gasteiger partial charge in [-0.15, -0.1) is 0 Å². The molecule has 1 N–H and O–H groups in total. The van der Waals surface area contributed by atoms with Gasteiger partial charge in [-0.25, -0.2) is 0 Å². The highest BCUT2D eigenvalue weighted by Crippen LogP contribution is 2.26. The lowest BCUT2D eigenvalue weighted by atomic mass is 9.85. The largest absolute Gasteiger partial charge is 0.314 e. The van der Waals surface area contributed by atoms with Crippen molar-refractivity contribution < 1.29 is 0 Å². The Morgan fingerprint density at radius 3 is 2.53 bits per heavy atom. The van der Waals surface area contributed by atoms with Crippen molar-refractivity contribution in [2.45, 2.75) is 78.8 Å². The zero-order valence-electron chi connectivity index (χ0n) is 13.9.